The predicted molar refractivity (Wildman–Crippen MR) is 67.7 cm³/mol. The molecule has 0 atom stereocenters. The van der Waals surface area contributed by atoms with Crippen molar-refractivity contribution in [3.63, 3.8) is 0 Å². The van der Waals surface area contributed by atoms with Gasteiger partial charge in [-0.25, -0.2) is 0 Å². The minimum Gasteiger partial charge on any atom is -0.0622 e. The Morgan fingerprint density at radius 1 is 0.733 bits per heavy atom. The van der Waals surface area contributed by atoms with Gasteiger partial charge in [-0.1, -0.05) is 71.9 Å². The van der Waals surface area contributed by atoms with Crippen molar-refractivity contribution in [3.8, 4) is 0 Å². The Morgan fingerprint density at radius 2 is 1.13 bits per heavy atom. The summed E-state index contributed by atoms with van der Waals surface area (Å²) in [5.74, 6) is 1.52. The second-order valence-corrected chi connectivity index (χ2v) is 6.24. The molecule has 0 heteroatoms. The van der Waals surface area contributed by atoms with Crippen molar-refractivity contribution in [1.29, 1.82) is 0 Å². The van der Waals surface area contributed by atoms with Crippen molar-refractivity contribution in [3.05, 3.63) is 41.8 Å². The Balaban J connectivity index is 3.15. The number of rotatable bonds is 1. The molecular weight excluding hydrogens is 180 g/mol. The van der Waals surface area contributed by atoms with Gasteiger partial charge in [-0.2, -0.15) is 0 Å². The zero-order chi connectivity index (χ0) is 11.7. The van der Waals surface area contributed by atoms with Crippen LogP contribution in [0.15, 0.2) is 30.3 Å². The third-order valence-corrected chi connectivity index (χ3v) is 2.56. The minimum atomic E-state index is 0.222. The number of benzene rings is 1. The molecule has 83 valence electrons. The lowest BCUT2D eigenvalue weighted by Crippen LogP contribution is -2.31. The van der Waals surface area contributed by atoms with Gasteiger partial charge in [-0.15, -0.1) is 0 Å². The lowest BCUT2D eigenvalue weighted by molar-refractivity contribution is 0.299. The third kappa shape index (κ3) is 3.09. The molecule has 1 aromatic carbocycles. The topological polar surface area (TPSA) is 0 Å². The summed E-state index contributed by atoms with van der Waals surface area (Å²) in [6.45, 7) is 13.8. The van der Waals surface area contributed by atoms with Crippen LogP contribution in [0.3, 0.4) is 0 Å². The van der Waals surface area contributed by atoms with Gasteiger partial charge in [0, 0.05) is 5.92 Å². The molecule has 0 aliphatic rings. The van der Waals surface area contributed by atoms with E-state index in [2.05, 4.69) is 71.9 Å². The second-order valence-electron chi connectivity index (χ2n) is 6.24. The van der Waals surface area contributed by atoms with E-state index in [0.29, 0.717) is 0 Å². The van der Waals surface area contributed by atoms with Crippen molar-refractivity contribution in [2.45, 2.75) is 41.5 Å². The van der Waals surface area contributed by atoms with Crippen LogP contribution < -0.4 is 0 Å². The molecule has 0 unspecified atom stereocenters. The Bertz CT molecular complexity index is 281. The normalized spacial score (nSPS) is 13.3. The van der Waals surface area contributed by atoms with E-state index in [-0.39, 0.29) is 10.8 Å². The van der Waals surface area contributed by atoms with Crippen LogP contribution in [-0.2, 0) is 0 Å². The van der Waals surface area contributed by atoms with Gasteiger partial charge in [-0.3, -0.25) is 0 Å². The first-order valence-corrected chi connectivity index (χ1v) is 5.66. The van der Waals surface area contributed by atoms with Crippen molar-refractivity contribution >= 4 is 0 Å². The lowest BCUT2D eigenvalue weighted by Gasteiger charge is -2.40. The molecule has 0 saturated heterocycles. The molecule has 0 aliphatic heterocycles. The van der Waals surface area contributed by atoms with Crippen LogP contribution in [0, 0.1) is 16.7 Å². The van der Waals surface area contributed by atoms with Gasteiger partial charge in [0.1, 0.15) is 0 Å². The zero-order valence-corrected chi connectivity index (χ0v) is 10.9. The van der Waals surface area contributed by atoms with Crippen LogP contribution in [-0.4, -0.2) is 0 Å². The Hall–Kier alpha value is -0.780. The van der Waals surface area contributed by atoms with Gasteiger partial charge in [0.25, 0.3) is 0 Å². The van der Waals surface area contributed by atoms with Gasteiger partial charge < -0.3 is 0 Å². The first-order chi connectivity index (χ1) is 6.73. The summed E-state index contributed by atoms with van der Waals surface area (Å²) in [6.07, 6.45) is 0. The maximum absolute atomic E-state index is 2.29. The molecule has 1 aromatic rings. The van der Waals surface area contributed by atoms with Crippen molar-refractivity contribution in [1.82, 2.24) is 0 Å². The van der Waals surface area contributed by atoms with Crippen molar-refractivity contribution in [2.75, 3.05) is 0 Å². The number of hydrogen-bond donors (Lipinski definition) is 0. The van der Waals surface area contributed by atoms with E-state index in [0.717, 1.165) is 0 Å². The van der Waals surface area contributed by atoms with E-state index in [1.54, 1.807) is 0 Å². The molecule has 0 amide bonds. The fourth-order valence-corrected chi connectivity index (χ4v) is 2.60. The standard InChI is InChI=1S/C15H23/c1-14(2,3)13(15(4,5)6)12-10-8-7-9-11-12/h7-11H,1-6H3. The van der Waals surface area contributed by atoms with Crippen LogP contribution in [0.5, 0.6) is 0 Å². The Kier molecular flexibility index (Phi) is 3.28. The highest BCUT2D eigenvalue weighted by atomic mass is 14.4. The SMILES string of the molecule is CC(C)(C)[C](c1ccccc1)C(C)(C)C. The molecular formula is C15H23. The highest BCUT2D eigenvalue weighted by molar-refractivity contribution is 5.36. The lowest BCUT2D eigenvalue weighted by atomic mass is 9.64. The second kappa shape index (κ2) is 4.00. The highest BCUT2D eigenvalue weighted by Gasteiger charge is 2.36. The van der Waals surface area contributed by atoms with Gasteiger partial charge in [-0.05, 0) is 16.4 Å². The molecule has 15 heavy (non-hydrogen) atoms. The van der Waals surface area contributed by atoms with Gasteiger partial charge in [0.15, 0.2) is 0 Å². The summed E-state index contributed by atoms with van der Waals surface area (Å²) in [5.41, 5.74) is 1.82. The van der Waals surface area contributed by atoms with E-state index >= 15 is 0 Å². The van der Waals surface area contributed by atoms with E-state index in [4.69, 9.17) is 0 Å². The van der Waals surface area contributed by atoms with Gasteiger partial charge in [0.05, 0.1) is 0 Å². The van der Waals surface area contributed by atoms with E-state index in [1.807, 2.05) is 0 Å². The smallest absolute Gasteiger partial charge is 0.0157 e. The van der Waals surface area contributed by atoms with E-state index in [9.17, 15) is 0 Å². The predicted octanol–water partition coefficient (Wildman–Crippen LogP) is 4.70. The fraction of sp³-hybridized carbons (Fsp3) is 0.533. The van der Waals surface area contributed by atoms with Gasteiger partial charge >= 0.3 is 0 Å². The van der Waals surface area contributed by atoms with Gasteiger partial charge in [0.2, 0.25) is 0 Å². The summed E-state index contributed by atoms with van der Waals surface area (Å²) in [7, 11) is 0. The summed E-state index contributed by atoms with van der Waals surface area (Å²) in [4.78, 5) is 0. The maximum Gasteiger partial charge on any atom is 0.0157 e. The average molecular weight is 203 g/mol. The first kappa shape index (κ1) is 12.3. The highest BCUT2D eigenvalue weighted by Crippen LogP contribution is 2.46. The summed E-state index contributed by atoms with van der Waals surface area (Å²) < 4.78 is 0. The Morgan fingerprint density at radius 3 is 1.47 bits per heavy atom. The van der Waals surface area contributed by atoms with E-state index < -0.39 is 0 Å². The molecule has 1 radical (unpaired) electrons. The Labute approximate surface area is 94.7 Å². The van der Waals surface area contributed by atoms with Crippen molar-refractivity contribution < 1.29 is 0 Å². The quantitative estimate of drug-likeness (QED) is 0.620. The van der Waals surface area contributed by atoms with Crippen LogP contribution in [0.4, 0.5) is 0 Å². The molecule has 0 fully saturated rings. The first-order valence-electron chi connectivity index (χ1n) is 5.66. The van der Waals surface area contributed by atoms with Crippen LogP contribution >= 0.6 is 0 Å². The largest absolute Gasteiger partial charge is 0.0622 e. The molecule has 0 aromatic heterocycles. The van der Waals surface area contributed by atoms with Crippen LogP contribution in [0.1, 0.15) is 47.1 Å². The molecule has 0 saturated carbocycles. The number of hydrogen-bond acceptors (Lipinski definition) is 0. The summed E-state index contributed by atoms with van der Waals surface area (Å²) >= 11 is 0. The van der Waals surface area contributed by atoms with Crippen LogP contribution in [0.25, 0.3) is 0 Å². The van der Waals surface area contributed by atoms with Crippen LogP contribution in [0.2, 0.25) is 0 Å². The fourth-order valence-electron chi connectivity index (χ4n) is 2.60. The molecule has 0 heterocycles. The molecule has 0 N–H and O–H groups in total. The summed E-state index contributed by atoms with van der Waals surface area (Å²) in [6, 6.07) is 10.7. The average Bonchev–Trinajstić information content (AvgIpc) is 2.00. The molecule has 0 aliphatic carbocycles. The molecule has 0 spiro atoms. The van der Waals surface area contributed by atoms with E-state index in [1.165, 1.54) is 11.5 Å². The third-order valence-electron chi connectivity index (χ3n) is 2.56. The van der Waals surface area contributed by atoms with Crippen molar-refractivity contribution in [2.24, 2.45) is 10.8 Å². The summed E-state index contributed by atoms with van der Waals surface area (Å²) in [5, 5.41) is 0. The molecule has 0 nitrogen and oxygen atoms in total. The molecule has 0 bridgehead atoms. The molecule has 1 rings (SSSR count). The maximum atomic E-state index is 2.29. The zero-order valence-electron chi connectivity index (χ0n) is 10.9. The minimum absolute atomic E-state index is 0.222. The monoisotopic (exact) mass is 203 g/mol.